The number of benzene rings is 2. The number of amides is 1. The van der Waals surface area contributed by atoms with Crippen LogP contribution in [0.5, 0.6) is 5.75 Å². The van der Waals surface area contributed by atoms with Crippen molar-refractivity contribution in [3.8, 4) is 5.75 Å². The quantitative estimate of drug-likeness (QED) is 0.656. The number of hydrazone groups is 1. The monoisotopic (exact) mass is 296 g/mol. The minimum Gasteiger partial charge on any atom is -0.494 e. The third-order valence-electron chi connectivity index (χ3n) is 3.20. The lowest BCUT2D eigenvalue weighted by molar-refractivity contribution is 0.0955. The molecule has 22 heavy (non-hydrogen) atoms. The molecule has 2 aromatic rings. The zero-order chi connectivity index (χ0) is 15.8. The third-order valence-corrected chi connectivity index (χ3v) is 3.20. The molecule has 0 aromatic heterocycles. The van der Waals surface area contributed by atoms with Crippen LogP contribution in [0.25, 0.3) is 0 Å². The first kappa shape index (κ1) is 15.8. The number of hydrogen-bond donors (Lipinski definition) is 1. The molecule has 0 aliphatic carbocycles. The lowest BCUT2D eigenvalue weighted by atomic mass is 10.1. The summed E-state index contributed by atoms with van der Waals surface area (Å²) in [5.41, 5.74) is 5.28. The summed E-state index contributed by atoms with van der Waals surface area (Å²) < 4.78 is 5.34. The van der Waals surface area contributed by atoms with E-state index in [-0.39, 0.29) is 5.91 Å². The Kier molecular flexibility index (Phi) is 5.72. The van der Waals surface area contributed by atoms with E-state index in [0.29, 0.717) is 12.2 Å². The molecule has 2 rings (SSSR count). The van der Waals surface area contributed by atoms with Crippen molar-refractivity contribution in [2.45, 2.75) is 20.3 Å². The average Bonchev–Trinajstić information content (AvgIpc) is 2.56. The number of rotatable bonds is 6. The molecule has 0 atom stereocenters. The number of carbonyl (C=O) groups is 1. The zero-order valence-corrected chi connectivity index (χ0v) is 12.9. The second-order valence-corrected chi connectivity index (χ2v) is 4.75. The van der Waals surface area contributed by atoms with Gasteiger partial charge in [0.25, 0.3) is 5.91 Å². The van der Waals surface area contributed by atoms with Crippen LogP contribution in [0, 0.1) is 0 Å². The molecule has 0 saturated heterocycles. The first-order valence-corrected chi connectivity index (χ1v) is 7.38. The molecule has 4 heteroatoms. The molecular weight excluding hydrogens is 276 g/mol. The van der Waals surface area contributed by atoms with E-state index in [1.54, 1.807) is 30.5 Å². The lowest BCUT2D eigenvalue weighted by Crippen LogP contribution is -2.17. The van der Waals surface area contributed by atoms with Crippen molar-refractivity contribution in [1.29, 1.82) is 0 Å². The van der Waals surface area contributed by atoms with Crippen LogP contribution in [0.4, 0.5) is 0 Å². The van der Waals surface area contributed by atoms with Crippen molar-refractivity contribution < 1.29 is 9.53 Å². The summed E-state index contributed by atoms with van der Waals surface area (Å²) >= 11 is 0. The summed E-state index contributed by atoms with van der Waals surface area (Å²) in [6.07, 6.45) is 2.64. The highest BCUT2D eigenvalue weighted by molar-refractivity contribution is 5.94. The van der Waals surface area contributed by atoms with Gasteiger partial charge in [-0.3, -0.25) is 4.79 Å². The predicted octanol–water partition coefficient (Wildman–Crippen LogP) is 3.41. The third kappa shape index (κ3) is 4.45. The number of nitrogens with zero attached hydrogens (tertiary/aromatic N) is 1. The average molecular weight is 296 g/mol. The maximum Gasteiger partial charge on any atom is 0.271 e. The van der Waals surface area contributed by atoms with E-state index in [4.69, 9.17) is 4.74 Å². The fourth-order valence-electron chi connectivity index (χ4n) is 1.94. The summed E-state index contributed by atoms with van der Waals surface area (Å²) in [6.45, 7) is 4.63. The standard InChI is InChI=1S/C18H20N2O2/c1-3-14-5-7-15(8-6-14)13-19-20-18(21)16-9-11-17(12-10-16)22-4-2/h5-13H,3-4H2,1-2H3,(H,20,21)/b19-13-. The van der Waals surface area contributed by atoms with E-state index in [0.717, 1.165) is 17.7 Å². The van der Waals surface area contributed by atoms with Crippen molar-refractivity contribution in [2.24, 2.45) is 5.10 Å². The van der Waals surface area contributed by atoms with Gasteiger partial charge in [-0.25, -0.2) is 5.43 Å². The van der Waals surface area contributed by atoms with Crippen LogP contribution in [0.15, 0.2) is 53.6 Å². The van der Waals surface area contributed by atoms with Gasteiger partial charge in [-0.1, -0.05) is 31.2 Å². The summed E-state index contributed by atoms with van der Waals surface area (Å²) in [4.78, 5) is 11.9. The number of aryl methyl sites for hydroxylation is 1. The Morgan fingerprint density at radius 3 is 2.36 bits per heavy atom. The molecule has 1 N–H and O–H groups in total. The van der Waals surface area contributed by atoms with Crippen LogP contribution >= 0.6 is 0 Å². The summed E-state index contributed by atoms with van der Waals surface area (Å²) in [7, 11) is 0. The lowest BCUT2D eigenvalue weighted by Gasteiger charge is -2.04. The Morgan fingerprint density at radius 2 is 1.77 bits per heavy atom. The molecule has 0 spiro atoms. The minimum absolute atomic E-state index is 0.246. The molecule has 0 radical (unpaired) electrons. The van der Waals surface area contributed by atoms with Crippen LogP contribution < -0.4 is 10.2 Å². The van der Waals surface area contributed by atoms with Crippen LogP contribution in [-0.4, -0.2) is 18.7 Å². The molecule has 0 saturated carbocycles. The van der Waals surface area contributed by atoms with Crippen LogP contribution in [0.2, 0.25) is 0 Å². The van der Waals surface area contributed by atoms with Crippen LogP contribution in [-0.2, 0) is 6.42 Å². The molecule has 0 aliphatic rings. The van der Waals surface area contributed by atoms with Crippen molar-refractivity contribution >= 4 is 12.1 Å². The summed E-state index contributed by atoms with van der Waals surface area (Å²) in [5, 5.41) is 3.98. The van der Waals surface area contributed by atoms with Gasteiger partial charge in [0.15, 0.2) is 0 Å². The van der Waals surface area contributed by atoms with E-state index in [2.05, 4.69) is 29.6 Å². The molecule has 0 heterocycles. The van der Waals surface area contributed by atoms with Crippen molar-refractivity contribution in [2.75, 3.05) is 6.61 Å². The summed E-state index contributed by atoms with van der Waals surface area (Å²) in [5.74, 6) is 0.503. The predicted molar refractivity (Wildman–Crippen MR) is 88.5 cm³/mol. The molecule has 0 aliphatic heterocycles. The second kappa shape index (κ2) is 7.98. The van der Waals surface area contributed by atoms with E-state index in [1.807, 2.05) is 19.1 Å². The smallest absolute Gasteiger partial charge is 0.271 e. The van der Waals surface area contributed by atoms with Gasteiger partial charge in [-0.15, -0.1) is 0 Å². The Balaban J connectivity index is 1.92. The molecule has 114 valence electrons. The van der Waals surface area contributed by atoms with Crippen molar-refractivity contribution in [3.63, 3.8) is 0 Å². The van der Waals surface area contributed by atoms with Gasteiger partial charge in [0.05, 0.1) is 12.8 Å². The van der Waals surface area contributed by atoms with Crippen LogP contribution in [0.1, 0.15) is 35.3 Å². The van der Waals surface area contributed by atoms with Crippen LogP contribution in [0.3, 0.4) is 0 Å². The highest BCUT2D eigenvalue weighted by atomic mass is 16.5. The number of hydrogen-bond acceptors (Lipinski definition) is 3. The first-order chi connectivity index (χ1) is 10.7. The zero-order valence-electron chi connectivity index (χ0n) is 12.9. The number of nitrogens with one attached hydrogen (secondary N) is 1. The van der Waals surface area contributed by atoms with E-state index in [9.17, 15) is 4.79 Å². The van der Waals surface area contributed by atoms with Gasteiger partial charge in [0.1, 0.15) is 5.75 Å². The van der Waals surface area contributed by atoms with Gasteiger partial charge in [-0.2, -0.15) is 5.10 Å². The molecule has 1 amide bonds. The number of carbonyl (C=O) groups excluding carboxylic acids is 1. The summed E-state index contributed by atoms with van der Waals surface area (Å²) in [6, 6.07) is 15.0. The minimum atomic E-state index is -0.246. The maximum absolute atomic E-state index is 11.9. The van der Waals surface area contributed by atoms with Gasteiger partial charge in [-0.05, 0) is 48.7 Å². The Morgan fingerprint density at radius 1 is 1.09 bits per heavy atom. The maximum atomic E-state index is 11.9. The molecule has 2 aromatic carbocycles. The van der Waals surface area contributed by atoms with E-state index in [1.165, 1.54) is 5.56 Å². The topological polar surface area (TPSA) is 50.7 Å². The number of ether oxygens (including phenoxy) is 1. The fourth-order valence-corrected chi connectivity index (χ4v) is 1.94. The Bertz CT molecular complexity index is 631. The van der Waals surface area contributed by atoms with E-state index < -0.39 is 0 Å². The molecule has 0 unspecified atom stereocenters. The van der Waals surface area contributed by atoms with Crippen molar-refractivity contribution in [1.82, 2.24) is 5.43 Å². The van der Waals surface area contributed by atoms with E-state index >= 15 is 0 Å². The second-order valence-electron chi connectivity index (χ2n) is 4.75. The van der Waals surface area contributed by atoms with Gasteiger partial charge in [0, 0.05) is 5.56 Å². The molecule has 0 fully saturated rings. The fraction of sp³-hybridized carbons (Fsp3) is 0.222. The largest absolute Gasteiger partial charge is 0.494 e. The Hall–Kier alpha value is -2.62. The van der Waals surface area contributed by atoms with Gasteiger partial charge < -0.3 is 4.74 Å². The highest BCUT2D eigenvalue weighted by Gasteiger charge is 2.03. The Labute approximate surface area is 130 Å². The van der Waals surface area contributed by atoms with Gasteiger partial charge >= 0.3 is 0 Å². The molecule has 4 nitrogen and oxygen atoms in total. The molecular formula is C18H20N2O2. The SMILES string of the molecule is CCOc1ccc(C(=O)N/N=C\c2ccc(CC)cc2)cc1. The van der Waals surface area contributed by atoms with Crippen molar-refractivity contribution in [3.05, 3.63) is 65.2 Å². The highest BCUT2D eigenvalue weighted by Crippen LogP contribution is 2.11. The first-order valence-electron chi connectivity index (χ1n) is 7.38. The molecule has 0 bridgehead atoms. The van der Waals surface area contributed by atoms with Gasteiger partial charge in [0.2, 0.25) is 0 Å². The normalized spacial score (nSPS) is 10.6.